The van der Waals surface area contributed by atoms with Crippen LogP contribution in [-0.2, 0) is 19.1 Å². The summed E-state index contributed by atoms with van der Waals surface area (Å²) in [7, 11) is 1.56. The number of fused-ring (bicyclic) bond motifs is 3. The zero-order chi connectivity index (χ0) is 25.2. The highest BCUT2D eigenvalue weighted by molar-refractivity contribution is 5.91. The second-order valence-electron chi connectivity index (χ2n) is 9.85. The zero-order valence-corrected chi connectivity index (χ0v) is 20.3. The fraction of sp³-hybridized carbons (Fsp3) is 0.444. The Balaban J connectivity index is 1.43. The molecule has 2 aromatic rings. The Kier molecular flexibility index (Phi) is 7.12. The fourth-order valence-electron chi connectivity index (χ4n) is 5.27. The van der Waals surface area contributed by atoms with E-state index in [2.05, 4.69) is 17.4 Å². The summed E-state index contributed by atoms with van der Waals surface area (Å²) in [6.45, 7) is 4.50. The Labute approximate surface area is 205 Å². The lowest BCUT2D eigenvalue weighted by atomic mass is 9.74. The van der Waals surface area contributed by atoms with Gasteiger partial charge in [0.25, 0.3) is 0 Å². The molecule has 8 heteroatoms. The Hall–Kier alpha value is -3.39. The smallest absolute Gasteiger partial charge is 0.407 e. The van der Waals surface area contributed by atoms with Gasteiger partial charge >= 0.3 is 12.1 Å². The quantitative estimate of drug-likeness (QED) is 0.531. The van der Waals surface area contributed by atoms with Gasteiger partial charge in [0.05, 0.1) is 0 Å². The van der Waals surface area contributed by atoms with E-state index in [1.54, 1.807) is 7.11 Å². The van der Waals surface area contributed by atoms with E-state index in [0.29, 0.717) is 26.0 Å². The molecule has 0 saturated carbocycles. The van der Waals surface area contributed by atoms with Gasteiger partial charge in [-0.05, 0) is 35.1 Å². The molecule has 1 saturated heterocycles. The van der Waals surface area contributed by atoms with Crippen LogP contribution in [0.5, 0.6) is 0 Å². The number of aliphatic carboxylic acids is 1. The van der Waals surface area contributed by atoms with Gasteiger partial charge in [-0.1, -0.05) is 62.4 Å². The van der Waals surface area contributed by atoms with E-state index >= 15 is 0 Å². The lowest BCUT2D eigenvalue weighted by Gasteiger charge is -2.52. The van der Waals surface area contributed by atoms with Crippen molar-refractivity contribution in [1.29, 1.82) is 0 Å². The second kappa shape index (κ2) is 10.1. The lowest BCUT2D eigenvalue weighted by molar-refractivity contribution is -0.172. The van der Waals surface area contributed by atoms with E-state index in [9.17, 15) is 19.5 Å². The van der Waals surface area contributed by atoms with Gasteiger partial charge in [-0.3, -0.25) is 4.79 Å². The topological polar surface area (TPSA) is 105 Å². The highest BCUT2D eigenvalue weighted by Crippen LogP contribution is 2.44. The molecule has 2 aliphatic rings. The standard InChI is InChI=1S/C27H32N2O6/c1-27(2)16-29(23(27)25(31)32)24(30)22(13-8-14-34-3)28-26(33)35-15-21-19-11-6-4-9-17(19)18-10-5-7-12-20(18)21/h4-7,9-12,21-23H,8,13-16H2,1-3H3,(H,28,33)(H,31,32). The fourth-order valence-corrected chi connectivity index (χ4v) is 5.27. The number of carboxylic acids is 1. The molecular formula is C27H32N2O6. The first-order chi connectivity index (χ1) is 16.7. The number of carboxylic acid groups (broad SMARTS) is 1. The molecule has 2 aromatic carbocycles. The van der Waals surface area contributed by atoms with E-state index in [0.717, 1.165) is 22.3 Å². The van der Waals surface area contributed by atoms with Crippen molar-refractivity contribution in [3.8, 4) is 11.1 Å². The Morgan fingerprint density at radius 1 is 1.09 bits per heavy atom. The molecule has 8 nitrogen and oxygen atoms in total. The van der Waals surface area contributed by atoms with Gasteiger partial charge in [0, 0.05) is 31.6 Å². The number of nitrogens with one attached hydrogen (secondary N) is 1. The molecule has 0 radical (unpaired) electrons. The van der Waals surface area contributed by atoms with Crippen LogP contribution >= 0.6 is 0 Å². The first-order valence-corrected chi connectivity index (χ1v) is 11.9. The van der Waals surface area contributed by atoms with Crippen molar-refractivity contribution in [2.75, 3.05) is 26.9 Å². The van der Waals surface area contributed by atoms with E-state index in [4.69, 9.17) is 9.47 Å². The van der Waals surface area contributed by atoms with Crippen molar-refractivity contribution in [1.82, 2.24) is 10.2 Å². The minimum Gasteiger partial charge on any atom is -0.480 e. The number of hydrogen-bond acceptors (Lipinski definition) is 5. The maximum absolute atomic E-state index is 13.2. The molecule has 2 amide bonds. The highest BCUT2D eigenvalue weighted by atomic mass is 16.5. The van der Waals surface area contributed by atoms with Crippen LogP contribution in [0.25, 0.3) is 11.1 Å². The first-order valence-electron chi connectivity index (χ1n) is 11.9. The Morgan fingerprint density at radius 3 is 2.23 bits per heavy atom. The number of alkyl carbamates (subject to hydrolysis) is 1. The summed E-state index contributed by atoms with van der Waals surface area (Å²) in [5.74, 6) is -1.56. The van der Waals surface area contributed by atoms with Crippen LogP contribution in [0.1, 0.15) is 43.7 Å². The third kappa shape index (κ3) is 4.89. The highest BCUT2D eigenvalue weighted by Gasteiger charge is 2.53. The molecule has 2 unspecified atom stereocenters. The van der Waals surface area contributed by atoms with E-state index < -0.39 is 35.5 Å². The zero-order valence-electron chi connectivity index (χ0n) is 20.3. The third-order valence-corrected chi connectivity index (χ3v) is 6.92. The molecular weight excluding hydrogens is 448 g/mol. The molecule has 2 N–H and O–H groups in total. The van der Waals surface area contributed by atoms with Crippen LogP contribution in [0.4, 0.5) is 4.79 Å². The summed E-state index contributed by atoms with van der Waals surface area (Å²) in [4.78, 5) is 39.1. The molecule has 0 aromatic heterocycles. The average molecular weight is 481 g/mol. The van der Waals surface area contributed by atoms with E-state index in [1.807, 2.05) is 50.2 Å². The molecule has 4 rings (SSSR count). The average Bonchev–Trinajstić information content (AvgIpc) is 3.14. The van der Waals surface area contributed by atoms with Crippen molar-refractivity contribution < 1.29 is 29.0 Å². The van der Waals surface area contributed by atoms with Gasteiger partial charge in [0.1, 0.15) is 18.7 Å². The second-order valence-corrected chi connectivity index (χ2v) is 9.85. The van der Waals surface area contributed by atoms with Crippen molar-refractivity contribution in [3.63, 3.8) is 0 Å². The summed E-state index contributed by atoms with van der Waals surface area (Å²) >= 11 is 0. The van der Waals surface area contributed by atoms with Crippen LogP contribution in [0.2, 0.25) is 0 Å². The van der Waals surface area contributed by atoms with Crippen molar-refractivity contribution >= 4 is 18.0 Å². The van der Waals surface area contributed by atoms with Gasteiger partial charge in [-0.2, -0.15) is 0 Å². The van der Waals surface area contributed by atoms with Gasteiger partial charge in [-0.15, -0.1) is 0 Å². The molecule has 1 aliphatic heterocycles. The molecule has 0 spiro atoms. The minimum absolute atomic E-state index is 0.0941. The van der Waals surface area contributed by atoms with Gasteiger partial charge in [0.2, 0.25) is 5.91 Å². The van der Waals surface area contributed by atoms with Crippen LogP contribution in [-0.4, -0.2) is 66.9 Å². The first kappa shape index (κ1) is 24.7. The third-order valence-electron chi connectivity index (χ3n) is 6.92. The predicted molar refractivity (Wildman–Crippen MR) is 130 cm³/mol. The summed E-state index contributed by atoms with van der Waals surface area (Å²) < 4.78 is 10.7. The molecule has 35 heavy (non-hydrogen) atoms. The number of carbonyl (C=O) groups excluding carboxylic acids is 2. The number of rotatable bonds is 9. The molecule has 186 valence electrons. The summed E-state index contributed by atoms with van der Waals surface area (Å²) in [6.07, 6.45) is 0.153. The Morgan fingerprint density at radius 2 is 1.69 bits per heavy atom. The number of carbonyl (C=O) groups is 3. The predicted octanol–water partition coefficient (Wildman–Crippen LogP) is 3.64. The number of ether oxygens (including phenoxy) is 2. The molecule has 1 fully saturated rings. The molecule has 1 heterocycles. The maximum Gasteiger partial charge on any atom is 0.407 e. The Bertz CT molecular complexity index is 1070. The van der Waals surface area contributed by atoms with Crippen LogP contribution in [0.3, 0.4) is 0 Å². The van der Waals surface area contributed by atoms with E-state index in [-0.39, 0.29) is 12.5 Å². The minimum atomic E-state index is -1.05. The lowest BCUT2D eigenvalue weighted by Crippen LogP contribution is -2.69. The molecule has 0 bridgehead atoms. The number of likely N-dealkylation sites (tertiary alicyclic amines) is 1. The molecule has 1 aliphatic carbocycles. The number of amides is 2. The van der Waals surface area contributed by atoms with Gasteiger partial charge in [-0.25, -0.2) is 9.59 Å². The summed E-state index contributed by atoms with van der Waals surface area (Å²) in [5.41, 5.74) is 3.93. The van der Waals surface area contributed by atoms with Gasteiger partial charge < -0.3 is 24.8 Å². The summed E-state index contributed by atoms with van der Waals surface area (Å²) in [6, 6.07) is 14.3. The van der Waals surface area contributed by atoms with Gasteiger partial charge in [0.15, 0.2) is 0 Å². The van der Waals surface area contributed by atoms with Crippen molar-refractivity contribution in [2.24, 2.45) is 5.41 Å². The number of methoxy groups -OCH3 is 1. The van der Waals surface area contributed by atoms with Crippen molar-refractivity contribution in [2.45, 2.75) is 44.7 Å². The number of benzene rings is 2. The van der Waals surface area contributed by atoms with Crippen LogP contribution < -0.4 is 5.32 Å². The largest absolute Gasteiger partial charge is 0.480 e. The number of hydrogen-bond donors (Lipinski definition) is 2. The number of nitrogens with zero attached hydrogens (tertiary/aromatic N) is 1. The SMILES string of the molecule is COCCCC(NC(=O)OCC1c2ccccc2-c2ccccc21)C(=O)N1CC(C)(C)C1C(=O)O. The molecule has 2 atom stereocenters. The maximum atomic E-state index is 13.2. The summed E-state index contributed by atoms with van der Waals surface area (Å²) in [5, 5.41) is 12.3. The van der Waals surface area contributed by atoms with Crippen LogP contribution in [0, 0.1) is 5.41 Å². The van der Waals surface area contributed by atoms with Crippen LogP contribution in [0.15, 0.2) is 48.5 Å². The monoisotopic (exact) mass is 480 g/mol. The normalized spacial score (nSPS) is 18.7. The van der Waals surface area contributed by atoms with Crippen molar-refractivity contribution in [3.05, 3.63) is 59.7 Å². The van der Waals surface area contributed by atoms with E-state index in [1.165, 1.54) is 4.90 Å².